The van der Waals surface area contributed by atoms with Gasteiger partial charge in [0.1, 0.15) is 13.2 Å². The van der Waals surface area contributed by atoms with Gasteiger partial charge in [0.25, 0.3) is 15.9 Å². The summed E-state index contributed by atoms with van der Waals surface area (Å²) in [5, 5.41) is 3.99. The van der Waals surface area contributed by atoms with Gasteiger partial charge in [0.2, 0.25) is 0 Å². The number of carbonyl (C=O) groups is 1. The molecular formula is C28H31N3O7S. The van der Waals surface area contributed by atoms with Crippen molar-refractivity contribution in [1.82, 2.24) is 5.43 Å². The number of carbonyl (C=O) groups excluding carboxylic acids is 1. The number of benzene rings is 3. The van der Waals surface area contributed by atoms with Crippen molar-refractivity contribution in [3.63, 3.8) is 0 Å². The number of amides is 1. The molecule has 11 heteroatoms. The topological polar surface area (TPSA) is 116 Å². The van der Waals surface area contributed by atoms with E-state index in [1.165, 1.54) is 44.7 Å². The minimum absolute atomic E-state index is 0.0262. The van der Waals surface area contributed by atoms with E-state index in [0.29, 0.717) is 41.8 Å². The van der Waals surface area contributed by atoms with Gasteiger partial charge >= 0.3 is 0 Å². The molecule has 10 nitrogen and oxygen atoms in total. The molecule has 3 aromatic carbocycles. The molecule has 0 fully saturated rings. The number of nitrogens with one attached hydrogen (secondary N) is 1. The molecule has 0 saturated heterocycles. The van der Waals surface area contributed by atoms with Gasteiger partial charge in [-0.2, -0.15) is 5.10 Å². The van der Waals surface area contributed by atoms with Gasteiger partial charge in [0, 0.05) is 6.07 Å². The first-order valence-corrected chi connectivity index (χ1v) is 13.4. The van der Waals surface area contributed by atoms with Crippen LogP contribution in [0.5, 0.6) is 23.0 Å². The van der Waals surface area contributed by atoms with Crippen LogP contribution < -0.4 is 28.7 Å². The van der Waals surface area contributed by atoms with Crippen LogP contribution in [0.15, 0.2) is 89.4 Å². The second-order valence-corrected chi connectivity index (χ2v) is 9.76. The lowest BCUT2D eigenvalue weighted by atomic mass is 10.2. The molecule has 3 aromatic rings. The Morgan fingerprint density at radius 2 is 1.67 bits per heavy atom. The molecule has 0 unspecified atom stereocenters. The molecule has 0 saturated carbocycles. The molecule has 0 atom stereocenters. The van der Waals surface area contributed by atoms with Crippen molar-refractivity contribution >= 4 is 27.8 Å². The SMILES string of the molecule is C=CCOc1ccc(/C=N\NC(=O)CN(c2ccc(OC)c(OC)c2)S(=O)(=O)c2ccccc2)cc1OCC. The number of rotatable bonds is 14. The maximum absolute atomic E-state index is 13.5. The molecule has 0 aromatic heterocycles. The molecule has 0 heterocycles. The summed E-state index contributed by atoms with van der Waals surface area (Å²) in [4.78, 5) is 12.9. The van der Waals surface area contributed by atoms with Crippen molar-refractivity contribution in [2.45, 2.75) is 11.8 Å². The van der Waals surface area contributed by atoms with Gasteiger partial charge in [-0.3, -0.25) is 9.10 Å². The van der Waals surface area contributed by atoms with Crippen molar-refractivity contribution in [2.24, 2.45) is 5.10 Å². The van der Waals surface area contributed by atoms with Crippen molar-refractivity contribution in [3.05, 3.63) is 84.9 Å². The maximum Gasteiger partial charge on any atom is 0.264 e. The average Bonchev–Trinajstić information content (AvgIpc) is 2.95. The molecule has 1 N–H and O–H groups in total. The summed E-state index contributed by atoms with van der Waals surface area (Å²) in [5.41, 5.74) is 3.24. The number of anilines is 1. The number of methoxy groups -OCH3 is 2. The number of ether oxygens (including phenoxy) is 4. The maximum atomic E-state index is 13.5. The number of hydrogen-bond donors (Lipinski definition) is 1. The summed E-state index contributed by atoms with van der Waals surface area (Å²) >= 11 is 0. The van der Waals surface area contributed by atoms with Crippen LogP contribution in [0.3, 0.4) is 0 Å². The summed E-state index contributed by atoms with van der Waals surface area (Å²) in [6.45, 7) is 5.71. The lowest BCUT2D eigenvalue weighted by Gasteiger charge is -2.24. The predicted molar refractivity (Wildman–Crippen MR) is 150 cm³/mol. The fraction of sp³-hybridized carbons (Fsp3) is 0.214. The smallest absolute Gasteiger partial charge is 0.264 e. The third-order valence-electron chi connectivity index (χ3n) is 5.30. The molecule has 0 aliphatic heterocycles. The standard InChI is InChI=1S/C28H31N3O7S/c1-5-16-38-25-14-12-21(17-27(25)37-6-2)19-29-30-28(32)20-31(39(33,34)23-10-8-7-9-11-23)22-13-15-24(35-3)26(18-22)36-4/h5,7-15,17-19H,1,6,16,20H2,2-4H3,(H,30,32)/b29-19-. The lowest BCUT2D eigenvalue weighted by molar-refractivity contribution is -0.119. The molecule has 1 amide bonds. The van der Waals surface area contributed by atoms with E-state index in [2.05, 4.69) is 17.1 Å². The van der Waals surface area contributed by atoms with Crippen LogP contribution in [-0.4, -0.2) is 54.5 Å². The van der Waals surface area contributed by atoms with Gasteiger partial charge in [-0.15, -0.1) is 0 Å². The Morgan fingerprint density at radius 3 is 2.33 bits per heavy atom. The van der Waals surface area contributed by atoms with Gasteiger partial charge in [-0.1, -0.05) is 30.9 Å². The van der Waals surface area contributed by atoms with Crippen molar-refractivity contribution < 1.29 is 32.2 Å². The normalized spacial score (nSPS) is 11.1. The highest BCUT2D eigenvalue weighted by atomic mass is 32.2. The first kappa shape index (κ1) is 29.1. The lowest BCUT2D eigenvalue weighted by Crippen LogP contribution is -2.39. The van der Waals surface area contributed by atoms with Crippen LogP contribution in [0.2, 0.25) is 0 Å². The fourth-order valence-corrected chi connectivity index (χ4v) is 4.93. The zero-order valence-electron chi connectivity index (χ0n) is 22.0. The molecular weight excluding hydrogens is 522 g/mol. The van der Waals surface area contributed by atoms with E-state index in [1.54, 1.807) is 48.5 Å². The van der Waals surface area contributed by atoms with Crippen molar-refractivity contribution in [3.8, 4) is 23.0 Å². The molecule has 0 aliphatic rings. The van der Waals surface area contributed by atoms with Crippen LogP contribution in [0.1, 0.15) is 12.5 Å². The Morgan fingerprint density at radius 1 is 0.949 bits per heavy atom. The predicted octanol–water partition coefficient (Wildman–Crippen LogP) is 4.01. The van der Waals surface area contributed by atoms with Crippen LogP contribution in [-0.2, 0) is 14.8 Å². The summed E-state index contributed by atoms with van der Waals surface area (Å²) in [6, 6.07) is 17.6. The fourth-order valence-electron chi connectivity index (χ4n) is 3.50. The van der Waals surface area contributed by atoms with Crippen LogP contribution in [0, 0.1) is 0 Å². The first-order valence-electron chi connectivity index (χ1n) is 12.0. The summed E-state index contributed by atoms with van der Waals surface area (Å²) in [6.07, 6.45) is 3.05. The quantitative estimate of drug-likeness (QED) is 0.182. The van der Waals surface area contributed by atoms with E-state index >= 15 is 0 Å². The van der Waals surface area contributed by atoms with Gasteiger partial charge in [0.15, 0.2) is 23.0 Å². The van der Waals surface area contributed by atoms with Crippen LogP contribution in [0.4, 0.5) is 5.69 Å². The highest BCUT2D eigenvalue weighted by Crippen LogP contribution is 2.33. The first-order chi connectivity index (χ1) is 18.8. The zero-order valence-corrected chi connectivity index (χ0v) is 22.8. The summed E-state index contributed by atoms with van der Waals surface area (Å²) in [7, 11) is -1.20. The highest BCUT2D eigenvalue weighted by molar-refractivity contribution is 7.92. The van der Waals surface area contributed by atoms with E-state index in [0.717, 1.165) is 4.31 Å². The number of sulfonamides is 1. The molecule has 3 rings (SSSR count). The molecule has 0 aliphatic carbocycles. The molecule has 206 valence electrons. The number of hydrazone groups is 1. The third kappa shape index (κ3) is 7.51. The van der Waals surface area contributed by atoms with Gasteiger partial charge in [-0.05, 0) is 55.0 Å². The minimum Gasteiger partial charge on any atom is -0.493 e. The molecule has 0 spiro atoms. The van der Waals surface area contributed by atoms with E-state index in [-0.39, 0.29) is 10.6 Å². The van der Waals surface area contributed by atoms with Gasteiger partial charge < -0.3 is 18.9 Å². The van der Waals surface area contributed by atoms with E-state index in [9.17, 15) is 13.2 Å². The third-order valence-corrected chi connectivity index (χ3v) is 7.09. The zero-order chi connectivity index (χ0) is 28.3. The number of nitrogens with zero attached hydrogens (tertiary/aromatic N) is 2. The summed E-state index contributed by atoms with van der Waals surface area (Å²) < 4.78 is 49.8. The Balaban J connectivity index is 1.84. The summed E-state index contributed by atoms with van der Waals surface area (Å²) in [5.74, 6) is 1.14. The van der Waals surface area contributed by atoms with Crippen LogP contribution in [0.25, 0.3) is 0 Å². The largest absolute Gasteiger partial charge is 0.493 e. The average molecular weight is 554 g/mol. The van der Waals surface area contributed by atoms with E-state index in [1.807, 2.05) is 6.92 Å². The highest BCUT2D eigenvalue weighted by Gasteiger charge is 2.28. The Hall–Kier alpha value is -4.51. The molecule has 0 radical (unpaired) electrons. The van der Waals surface area contributed by atoms with E-state index in [4.69, 9.17) is 18.9 Å². The number of hydrogen-bond acceptors (Lipinski definition) is 8. The van der Waals surface area contributed by atoms with Gasteiger partial charge in [0.05, 0.1) is 37.6 Å². The Labute approximate surface area is 228 Å². The second-order valence-electron chi connectivity index (χ2n) is 7.90. The van der Waals surface area contributed by atoms with Crippen molar-refractivity contribution in [1.29, 1.82) is 0 Å². The Bertz CT molecular complexity index is 1410. The van der Waals surface area contributed by atoms with E-state index < -0.39 is 22.5 Å². The van der Waals surface area contributed by atoms with Crippen molar-refractivity contribution in [2.75, 3.05) is 38.3 Å². The second kappa shape index (κ2) is 13.9. The molecule has 39 heavy (non-hydrogen) atoms. The van der Waals surface area contributed by atoms with Crippen LogP contribution >= 0.6 is 0 Å². The van der Waals surface area contributed by atoms with Gasteiger partial charge in [-0.25, -0.2) is 13.8 Å². The monoisotopic (exact) mass is 553 g/mol. The molecule has 0 bridgehead atoms. The Kier molecular flexibility index (Phi) is 10.3. The minimum atomic E-state index is -4.11.